The van der Waals surface area contributed by atoms with Crippen LogP contribution in [0.3, 0.4) is 0 Å². The van der Waals surface area contributed by atoms with Crippen molar-refractivity contribution in [1.82, 2.24) is 19.6 Å². The summed E-state index contributed by atoms with van der Waals surface area (Å²) in [6, 6.07) is 7.55. The average Bonchev–Trinajstić information content (AvgIpc) is 2.90. The van der Waals surface area contributed by atoms with Gasteiger partial charge in [-0.1, -0.05) is 29.3 Å². The molecule has 24 heavy (non-hydrogen) atoms. The van der Waals surface area contributed by atoms with Gasteiger partial charge in [-0.3, -0.25) is 14.4 Å². The molecule has 1 aromatic heterocycles. The van der Waals surface area contributed by atoms with Crippen molar-refractivity contribution >= 4 is 29.1 Å². The molecule has 7 heteroatoms. The van der Waals surface area contributed by atoms with Crippen molar-refractivity contribution in [2.45, 2.75) is 13.5 Å². The number of rotatable bonds is 3. The monoisotopic (exact) mass is 366 g/mol. The second kappa shape index (κ2) is 7.13. The van der Waals surface area contributed by atoms with Gasteiger partial charge in [-0.05, 0) is 30.7 Å². The van der Waals surface area contributed by atoms with E-state index in [1.807, 2.05) is 43.1 Å². The molecule has 0 unspecified atom stereocenters. The molecule has 0 atom stereocenters. The molecule has 0 aliphatic carbocycles. The summed E-state index contributed by atoms with van der Waals surface area (Å²) in [6.45, 7) is 5.82. The molecule has 1 fully saturated rings. The largest absolute Gasteiger partial charge is 0.335 e. The molecule has 1 aliphatic rings. The van der Waals surface area contributed by atoms with E-state index in [2.05, 4.69) is 10.00 Å². The number of hydrogen-bond donors (Lipinski definition) is 0. The number of carbonyl (C=O) groups is 1. The Kier molecular flexibility index (Phi) is 5.13. The van der Waals surface area contributed by atoms with Crippen LogP contribution in [0.4, 0.5) is 0 Å². The first kappa shape index (κ1) is 17.3. The molecule has 0 bridgehead atoms. The third-order valence-corrected chi connectivity index (χ3v) is 5.12. The van der Waals surface area contributed by atoms with Crippen molar-refractivity contribution in [3.63, 3.8) is 0 Å². The molecule has 1 aliphatic heterocycles. The molecule has 0 radical (unpaired) electrons. The van der Waals surface area contributed by atoms with Crippen LogP contribution in [-0.2, 0) is 13.6 Å². The van der Waals surface area contributed by atoms with Crippen molar-refractivity contribution in [2.24, 2.45) is 7.05 Å². The summed E-state index contributed by atoms with van der Waals surface area (Å²) in [4.78, 5) is 16.7. The third-order valence-electron chi connectivity index (χ3n) is 4.38. The van der Waals surface area contributed by atoms with Gasteiger partial charge in [-0.2, -0.15) is 5.10 Å². The molecule has 5 nitrogen and oxygen atoms in total. The molecular formula is C17H20Cl2N4O. The maximum absolute atomic E-state index is 12.5. The van der Waals surface area contributed by atoms with Crippen molar-refractivity contribution in [3.05, 3.63) is 51.3 Å². The summed E-state index contributed by atoms with van der Waals surface area (Å²) in [5.74, 6) is 0.00730. The van der Waals surface area contributed by atoms with Crippen LogP contribution in [0.25, 0.3) is 0 Å². The molecule has 1 amide bonds. The molecule has 0 N–H and O–H groups in total. The van der Waals surface area contributed by atoms with Crippen LogP contribution in [0.5, 0.6) is 0 Å². The van der Waals surface area contributed by atoms with Gasteiger partial charge in [-0.25, -0.2) is 0 Å². The quantitative estimate of drug-likeness (QED) is 0.838. The van der Waals surface area contributed by atoms with E-state index in [1.165, 1.54) is 0 Å². The maximum atomic E-state index is 12.5. The predicted molar refractivity (Wildman–Crippen MR) is 95.6 cm³/mol. The summed E-state index contributed by atoms with van der Waals surface area (Å²) < 4.78 is 1.73. The molecule has 2 heterocycles. The fourth-order valence-electron chi connectivity index (χ4n) is 2.83. The minimum Gasteiger partial charge on any atom is -0.335 e. The van der Waals surface area contributed by atoms with E-state index in [9.17, 15) is 4.79 Å². The minimum atomic E-state index is 0.00730. The van der Waals surface area contributed by atoms with E-state index in [0.29, 0.717) is 28.8 Å². The summed E-state index contributed by atoms with van der Waals surface area (Å²) in [5, 5.41) is 5.42. The molecule has 3 rings (SSSR count). The van der Waals surface area contributed by atoms with E-state index in [-0.39, 0.29) is 5.91 Å². The topological polar surface area (TPSA) is 41.4 Å². The maximum Gasteiger partial charge on any atom is 0.274 e. The van der Waals surface area contributed by atoms with E-state index < -0.39 is 0 Å². The van der Waals surface area contributed by atoms with Crippen LogP contribution in [0, 0.1) is 6.92 Å². The second-order valence-electron chi connectivity index (χ2n) is 6.11. The lowest BCUT2D eigenvalue weighted by atomic mass is 10.2. The number of hydrogen-bond acceptors (Lipinski definition) is 3. The van der Waals surface area contributed by atoms with Gasteiger partial charge < -0.3 is 4.90 Å². The summed E-state index contributed by atoms with van der Waals surface area (Å²) in [6.07, 6.45) is 0. The van der Waals surface area contributed by atoms with Crippen LogP contribution in [0.2, 0.25) is 10.0 Å². The van der Waals surface area contributed by atoms with E-state index in [1.54, 1.807) is 4.68 Å². The highest BCUT2D eigenvalue weighted by molar-refractivity contribution is 6.42. The Morgan fingerprint density at radius 1 is 1.12 bits per heavy atom. The molecule has 2 aromatic rings. The molecule has 0 spiro atoms. The number of aromatic nitrogens is 2. The van der Waals surface area contributed by atoms with Gasteiger partial charge in [0.1, 0.15) is 0 Å². The van der Waals surface area contributed by atoms with Gasteiger partial charge in [0, 0.05) is 45.5 Å². The number of piperazine rings is 1. The van der Waals surface area contributed by atoms with Gasteiger partial charge in [-0.15, -0.1) is 0 Å². The van der Waals surface area contributed by atoms with Gasteiger partial charge in [0.05, 0.1) is 10.0 Å². The van der Waals surface area contributed by atoms with Crippen molar-refractivity contribution in [3.8, 4) is 0 Å². The first-order valence-corrected chi connectivity index (χ1v) is 8.66. The molecule has 128 valence electrons. The van der Waals surface area contributed by atoms with Crippen molar-refractivity contribution < 1.29 is 4.79 Å². The molecule has 1 saturated heterocycles. The SMILES string of the molecule is Cc1cc(C(=O)N2CCN(Cc3ccc(Cl)c(Cl)c3)CC2)nn1C. The number of aryl methyl sites for hydroxylation is 2. The van der Waals surface area contributed by atoms with Gasteiger partial charge in [0.2, 0.25) is 0 Å². The zero-order valence-electron chi connectivity index (χ0n) is 13.8. The number of halogens is 2. The highest BCUT2D eigenvalue weighted by Gasteiger charge is 2.24. The van der Waals surface area contributed by atoms with E-state index in [0.717, 1.165) is 30.9 Å². The first-order valence-electron chi connectivity index (χ1n) is 7.90. The Morgan fingerprint density at radius 2 is 1.83 bits per heavy atom. The zero-order valence-corrected chi connectivity index (χ0v) is 15.3. The lowest BCUT2D eigenvalue weighted by Gasteiger charge is -2.34. The number of nitrogens with zero attached hydrogens (tertiary/aromatic N) is 4. The Bertz CT molecular complexity index is 732. The van der Waals surface area contributed by atoms with Crippen LogP contribution in [0.1, 0.15) is 21.7 Å². The standard InChI is InChI=1S/C17H20Cl2N4O/c1-12-9-16(20-21(12)2)17(24)23-7-5-22(6-8-23)11-13-3-4-14(18)15(19)10-13/h3-4,9-10H,5-8,11H2,1-2H3. The van der Waals surface area contributed by atoms with E-state index >= 15 is 0 Å². The predicted octanol–water partition coefficient (Wildman–Crippen LogP) is 2.99. The van der Waals surface area contributed by atoms with Crippen LogP contribution >= 0.6 is 23.2 Å². The molecule has 1 aromatic carbocycles. The number of benzene rings is 1. The molecular weight excluding hydrogens is 347 g/mol. The van der Waals surface area contributed by atoms with E-state index in [4.69, 9.17) is 23.2 Å². The fourth-order valence-corrected chi connectivity index (χ4v) is 3.15. The lowest BCUT2D eigenvalue weighted by molar-refractivity contribution is 0.0622. The van der Waals surface area contributed by atoms with Crippen molar-refractivity contribution in [1.29, 1.82) is 0 Å². The number of amides is 1. The lowest BCUT2D eigenvalue weighted by Crippen LogP contribution is -2.48. The third kappa shape index (κ3) is 3.74. The summed E-state index contributed by atoms with van der Waals surface area (Å²) in [5.41, 5.74) is 2.63. The van der Waals surface area contributed by atoms with Gasteiger partial charge >= 0.3 is 0 Å². The Hall–Kier alpha value is -1.56. The Balaban J connectivity index is 1.57. The van der Waals surface area contributed by atoms with Crippen LogP contribution in [-0.4, -0.2) is 51.7 Å². The Labute approximate surface area is 151 Å². The second-order valence-corrected chi connectivity index (χ2v) is 6.93. The first-order chi connectivity index (χ1) is 11.4. The number of carbonyl (C=O) groups excluding carboxylic acids is 1. The minimum absolute atomic E-state index is 0.00730. The summed E-state index contributed by atoms with van der Waals surface area (Å²) >= 11 is 12.0. The highest BCUT2D eigenvalue weighted by Crippen LogP contribution is 2.23. The smallest absolute Gasteiger partial charge is 0.274 e. The van der Waals surface area contributed by atoms with Crippen LogP contribution < -0.4 is 0 Å². The highest BCUT2D eigenvalue weighted by atomic mass is 35.5. The Morgan fingerprint density at radius 3 is 2.42 bits per heavy atom. The van der Waals surface area contributed by atoms with Gasteiger partial charge in [0.25, 0.3) is 5.91 Å². The average molecular weight is 367 g/mol. The molecule has 0 saturated carbocycles. The van der Waals surface area contributed by atoms with Crippen LogP contribution in [0.15, 0.2) is 24.3 Å². The fraction of sp³-hybridized carbons (Fsp3) is 0.412. The normalized spacial score (nSPS) is 15.8. The van der Waals surface area contributed by atoms with Gasteiger partial charge in [0.15, 0.2) is 5.69 Å². The zero-order chi connectivity index (χ0) is 17.3. The van der Waals surface area contributed by atoms with Crippen molar-refractivity contribution in [2.75, 3.05) is 26.2 Å². The summed E-state index contributed by atoms with van der Waals surface area (Å²) in [7, 11) is 1.85.